The van der Waals surface area contributed by atoms with Crippen molar-refractivity contribution < 1.29 is 13.2 Å². The van der Waals surface area contributed by atoms with Gasteiger partial charge in [-0.15, -0.1) is 0 Å². The number of hydrogen-bond donors (Lipinski definition) is 2. The molecule has 0 spiro atoms. The van der Waals surface area contributed by atoms with Crippen molar-refractivity contribution in [2.24, 2.45) is 0 Å². The summed E-state index contributed by atoms with van der Waals surface area (Å²) in [7, 11) is 0. The molecule has 4 aromatic rings. The summed E-state index contributed by atoms with van der Waals surface area (Å²) in [5.41, 5.74) is 2.39. The van der Waals surface area contributed by atoms with Crippen molar-refractivity contribution in [2.75, 3.05) is 13.1 Å². The Labute approximate surface area is 193 Å². The molecule has 2 N–H and O–H groups in total. The first-order valence-electron chi connectivity index (χ1n) is 10.7. The normalized spacial score (nSPS) is 15.6. The molecule has 5 rings (SSSR count). The van der Waals surface area contributed by atoms with E-state index in [2.05, 4.69) is 20.4 Å². The highest BCUT2D eigenvalue weighted by molar-refractivity contribution is 6.32. The lowest BCUT2D eigenvalue weighted by molar-refractivity contribution is -0.137. The van der Waals surface area contributed by atoms with Crippen molar-refractivity contribution in [1.29, 1.82) is 0 Å². The molecule has 1 saturated heterocycles. The maximum atomic E-state index is 13.4. The predicted octanol–water partition coefficient (Wildman–Crippen LogP) is 6.19. The third-order valence-electron chi connectivity index (χ3n) is 5.97. The van der Waals surface area contributed by atoms with Gasteiger partial charge < -0.3 is 10.3 Å². The van der Waals surface area contributed by atoms with Crippen molar-refractivity contribution >= 4 is 34.8 Å². The Kier molecular flexibility index (Phi) is 5.72. The van der Waals surface area contributed by atoms with Gasteiger partial charge in [-0.1, -0.05) is 29.8 Å². The lowest BCUT2D eigenvalue weighted by Gasteiger charge is -2.22. The van der Waals surface area contributed by atoms with Crippen molar-refractivity contribution in [3.63, 3.8) is 0 Å². The van der Waals surface area contributed by atoms with Crippen LogP contribution < -0.4 is 5.32 Å². The largest absolute Gasteiger partial charge is 0.417 e. The molecule has 3 aromatic heterocycles. The first kappa shape index (κ1) is 21.7. The minimum absolute atomic E-state index is 0.0463. The van der Waals surface area contributed by atoms with Crippen LogP contribution in [0.25, 0.3) is 34.3 Å². The molecule has 0 bridgehead atoms. The number of aromatic nitrogens is 4. The summed E-state index contributed by atoms with van der Waals surface area (Å²) < 4.78 is 42.2. The summed E-state index contributed by atoms with van der Waals surface area (Å²) >= 11 is 6.08. The van der Waals surface area contributed by atoms with E-state index in [1.54, 1.807) is 18.5 Å². The van der Waals surface area contributed by atoms with E-state index in [4.69, 9.17) is 11.6 Å². The molecular formula is C24H21ClF3N5. The minimum Gasteiger partial charge on any atom is -0.346 e. The van der Waals surface area contributed by atoms with E-state index >= 15 is 0 Å². The van der Waals surface area contributed by atoms with Crippen LogP contribution in [0.3, 0.4) is 0 Å². The number of H-pyrrole nitrogens is 1. The Balaban J connectivity index is 1.47. The third-order valence-corrected chi connectivity index (χ3v) is 6.30. The second-order valence-electron chi connectivity index (χ2n) is 8.09. The third kappa shape index (κ3) is 4.41. The second-order valence-corrected chi connectivity index (χ2v) is 8.49. The van der Waals surface area contributed by atoms with Gasteiger partial charge in [0, 0.05) is 51.3 Å². The van der Waals surface area contributed by atoms with E-state index in [-0.39, 0.29) is 10.6 Å². The summed E-state index contributed by atoms with van der Waals surface area (Å²) in [6.07, 6.45) is 7.95. The van der Waals surface area contributed by atoms with Gasteiger partial charge in [0.2, 0.25) is 0 Å². The fourth-order valence-corrected chi connectivity index (χ4v) is 4.44. The Morgan fingerprint density at radius 1 is 1.09 bits per heavy atom. The molecule has 1 aromatic carbocycles. The van der Waals surface area contributed by atoms with Crippen molar-refractivity contribution in [3.05, 3.63) is 70.8 Å². The van der Waals surface area contributed by atoms with Gasteiger partial charge in [0.25, 0.3) is 0 Å². The number of nitrogens with one attached hydrogen (secondary N) is 2. The van der Waals surface area contributed by atoms with Gasteiger partial charge in [0.05, 0.1) is 17.8 Å². The van der Waals surface area contributed by atoms with Gasteiger partial charge >= 0.3 is 6.18 Å². The lowest BCUT2D eigenvalue weighted by atomic mass is 10.0. The number of fused-ring (bicyclic) bond motifs is 1. The minimum atomic E-state index is -4.49. The summed E-state index contributed by atoms with van der Waals surface area (Å²) in [5.74, 6) is 0. The Bertz CT molecular complexity index is 1320. The number of benzene rings is 1. The maximum Gasteiger partial charge on any atom is 0.417 e. The molecule has 0 aliphatic carbocycles. The highest BCUT2D eigenvalue weighted by Crippen LogP contribution is 2.36. The molecule has 33 heavy (non-hydrogen) atoms. The first-order chi connectivity index (χ1) is 15.9. The fraction of sp³-hybridized carbons (Fsp3) is 0.250. The van der Waals surface area contributed by atoms with Crippen LogP contribution >= 0.6 is 11.6 Å². The van der Waals surface area contributed by atoms with Crippen LogP contribution in [-0.2, 0) is 6.18 Å². The number of piperidine rings is 1. The summed E-state index contributed by atoms with van der Waals surface area (Å²) in [6.45, 7) is 1.96. The highest BCUT2D eigenvalue weighted by Gasteiger charge is 2.33. The Morgan fingerprint density at radius 3 is 2.70 bits per heavy atom. The standard InChI is InChI=1S/C24H21ClF3N5/c25-22-3-1-2-21(24(26,27)28)19(22)5-4-15-11-30-23-20(15)10-16(12-31-23)17-13-32-33(14-17)18-6-8-29-9-7-18/h1-5,10-14,18,29H,6-9H2,(H,30,31)/b5-4-. The number of hydrogen-bond acceptors (Lipinski definition) is 3. The zero-order chi connectivity index (χ0) is 23.0. The number of rotatable bonds is 4. The molecule has 1 fully saturated rings. The van der Waals surface area contributed by atoms with Gasteiger partial charge in [-0.25, -0.2) is 4.98 Å². The van der Waals surface area contributed by atoms with Gasteiger partial charge in [0.15, 0.2) is 0 Å². The van der Waals surface area contributed by atoms with E-state index in [9.17, 15) is 13.2 Å². The van der Waals surface area contributed by atoms with Gasteiger partial charge in [0.1, 0.15) is 5.65 Å². The second kappa shape index (κ2) is 8.68. The highest BCUT2D eigenvalue weighted by atomic mass is 35.5. The number of aromatic amines is 1. The SMILES string of the molecule is FC(F)(F)c1cccc(Cl)c1/C=C\c1c[nH]c2ncc(-c3cnn(C4CCNCC4)c3)cc12. The van der Waals surface area contributed by atoms with E-state index in [0.717, 1.165) is 54.1 Å². The van der Waals surface area contributed by atoms with Crippen molar-refractivity contribution in [2.45, 2.75) is 25.1 Å². The van der Waals surface area contributed by atoms with Crippen LogP contribution in [0.4, 0.5) is 13.2 Å². The number of pyridine rings is 1. The van der Waals surface area contributed by atoms with Crippen LogP contribution in [-0.4, -0.2) is 32.8 Å². The average Bonchev–Trinajstić information content (AvgIpc) is 3.45. The predicted molar refractivity (Wildman–Crippen MR) is 124 cm³/mol. The lowest BCUT2D eigenvalue weighted by Crippen LogP contribution is -2.29. The zero-order valence-electron chi connectivity index (χ0n) is 17.5. The zero-order valence-corrected chi connectivity index (χ0v) is 18.3. The summed E-state index contributed by atoms with van der Waals surface area (Å²) in [6, 6.07) is 6.13. The number of nitrogens with zero attached hydrogens (tertiary/aromatic N) is 3. The molecule has 1 aliphatic rings. The topological polar surface area (TPSA) is 58.5 Å². The molecule has 0 amide bonds. The monoisotopic (exact) mass is 471 g/mol. The molecular weight excluding hydrogens is 451 g/mol. The van der Waals surface area contributed by atoms with E-state index < -0.39 is 11.7 Å². The van der Waals surface area contributed by atoms with Crippen molar-refractivity contribution in [3.8, 4) is 11.1 Å². The summed E-state index contributed by atoms with van der Waals surface area (Å²) in [4.78, 5) is 7.56. The smallest absolute Gasteiger partial charge is 0.346 e. The number of alkyl halides is 3. The van der Waals surface area contributed by atoms with Gasteiger partial charge in [-0.3, -0.25) is 4.68 Å². The van der Waals surface area contributed by atoms with E-state index in [1.165, 1.54) is 18.2 Å². The van der Waals surface area contributed by atoms with Crippen molar-refractivity contribution in [1.82, 2.24) is 25.1 Å². The quantitative estimate of drug-likeness (QED) is 0.373. The van der Waals surface area contributed by atoms with Crippen LogP contribution in [0.15, 0.2) is 49.1 Å². The van der Waals surface area contributed by atoms with E-state index in [1.807, 2.05) is 23.1 Å². The van der Waals surface area contributed by atoms with E-state index in [0.29, 0.717) is 11.7 Å². The van der Waals surface area contributed by atoms with Crippen LogP contribution in [0.1, 0.15) is 35.6 Å². The Morgan fingerprint density at radius 2 is 1.91 bits per heavy atom. The van der Waals surface area contributed by atoms with Gasteiger partial charge in [-0.05, 0) is 44.1 Å². The Hall–Kier alpha value is -3.10. The first-order valence-corrected chi connectivity index (χ1v) is 11.0. The van der Waals surface area contributed by atoms with Crippen LogP contribution in [0.2, 0.25) is 5.02 Å². The molecule has 0 saturated carbocycles. The van der Waals surface area contributed by atoms with Crippen LogP contribution in [0, 0.1) is 0 Å². The van der Waals surface area contributed by atoms with Gasteiger partial charge in [-0.2, -0.15) is 18.3 Å². The molecule has 0 atom stereocenters. The fourth-order valence-electron chi connectivity index (χ4n) is 4.20. The summed E-state index contributed by atoms with van der Waals surface area (Å²) in [5, 5.41) is 8.75. The van der Waals surface area contributed by atoms with Crippen LogP contribution in [0.5, 0.6) is 0 Å². The average molecular weight is 472 g/mol. The maximum absolute atomic E-state index is 13.4. The molecule has 0 radical (unpaired) electrons. The molecule has 170 valence electrons. The molecule has 4 heterocycles. The molecule has 9 heteroatoms. The molecule has 0 unspecified atom stereocenters. The number of halogens is 4. The molecule has 5 nitrogen and oxygen atoms in total. The molecule has 1 aliphatic heterocycles.